The van der Waals surface area contributed by atoms with E-state index >= 15 is 0 Å². The monoisotopic (exact) mass is 138 g/mol. The fraction of sp³-hybridized carbons (Fsp3) is 0.500. The molecule has 2 N–H and O–H groups in total. The van der Waals surface area contributed by atoms with Gasteiger partial charge in [0.25, 0.3) is 0 Å². The molecule has 2 aliphatic rings. The maximum absolute atomic E-state index is 4.14. The topological polar surface area (TPSA) is 39.7 Å². The number of hydrogen-bond donors (Lipinski definition) is 2. The zero-order chi connectivity index (χ0) is 6.97. The summed E-state index contributed by atoms with van der Waals surface area (Å²) in [5, 5.41) is 6.38. The Morgan fingerprint density at radius 1 is 1.60 bits per heavy atom. The lowest BCUT2D eigenvalue weighted by Crippen LogP contribution is -2.28. The van der Waals surface area contributed by atoms with Crippen molar-refractivity contribution in [1.29, 1.82) is 0 Å². The number of aliphatic imine (C=N–C) groups is 1. The van der Waals surface area contributed by atoms with Crippen LogP contribution < -0.4 is 10.6 Å². The number of rotatable bonds is 0. The van der Waals surface area contributed by atoms with Gasteiger partial charge < -0.3 is 15.5 Å². The minimum Gasteiger partial charge on any atom is -0.364 e. The van der Waals surface area contributed by atoms with Gasteiger partial charge in [-0.05, 0) is 0 Å². The molecule has 0 saturated carbocycles. The second-order valence-corrected chi connectivity index (χ2v) is 2.44. The van der Waals surface area contributed by atoms with Crippen molar-refractivity contribution < 1.29 is 0 Å². The lowest BCUT2D eigenvalue weighted by Gasteiger charge is -2.20. The third kappa shape index (κ3) is 0.650. The van der Waals surface area contributed by atoms with E-state index < -0.39 is 0 Å². The molecule has 0 saturated heterocycles. The zero-order valence-corrected chi connectivity index (χ0v) is 5.89. The SMILES string of the molecule is CN1CN=CC2=C1NCN2. The van der Waals surface area contributed by atoms with Gasteiger partial charge in [0.05, 0.1) is 18.6 Å². The summed E-state index contributed by atoms with van der Waals surface area (Å²) in [6, 6.07) is 0. The summed E-state index contributed by atoms with van der Waals surface area (Å²) in [5.41, 5.74) is 1.11. The summed E-state index contributed by atoms with van der Waals surface area (Å²) in [7, 11) is 2.02. The van der Waals surface area contributed by atoms with Gasteiger partial charge in [-0.15, -0.1) is 0 Å². The van der Waals surface area contributed by atoms with Gasteiger partial charge in [0, 0.05) is 7.05 Å². The summed E-state index contributed by atoms with van der Waals surface area (Å²) in [5.74, 6) is 1.16. The van der Waals surface area contributed by atoms with Crippen LogP contribution in [0.25, 0.3) is 0 Å². The predicted octanol–water partition coefficient (Wildman–Crippen LogP) is -0.721. The first-order valence-corrected chi connectivity index (χ1v) is 3.31. The van der Waals surface area contributed by atoms with E-state index in [9.17, 15) is 0 Å². The lowest BCUT2D eigenvalue weighted by molar-refractivity contribution is 0.402. The van der Waals surface area contributed by atoms with Crippen molar-refractivity contribution in [3.8, 4) is 0 Å². The minimum atomic E-state index is 0.757. The van der Waals surface area contributed by atoms with Crippen LogP contribution in [0.15, 0.2) is 16.5 Å². The van der Waals surface area contributed by atoms with Crippen molar-refractivity contribution >= 4 is 6.21 Å². The molecule has 0 aromatic carbocycles. The zero-order valence-electron chi connectivity index (χ0n) is 5.89. The third-order valence-corrected chi connectivity index (χ3v) is 1.69. The van der Waals surface area contributed by atoms with Crippen molar-refractivity contribution in [2.24, 2.45) is 4.99 Å². The van der Waals surface area contributed by atoms with Gasteiger partial charge in [0.2, 0.25) is 0 Å². The van der Waals surface area contributed by atoms with Crippen molar-refractivity contribution in [1.82, 2.24) is 15.5 Å². The Labute approximate surface area is 59.6 Å². The van der Waals surface area contributed by atoms with E-state index in [0.717, 1.165) is 24.9 Å². The average molecular weight is 138 g/mol. The average Bonchev–Trinajstić information content (AvgIpc) is 2.36. The van der Waals surface area contributed by atoms with Crippen molar-refractivity contribution in [2.45, 2.75) is 0 Å². The molecule has 0 amide bonds. The molecule has 10 heavy (non-hydrogen) atoms. The Bertz CT molecular complexity index is 206. The number of nitrogens with zero attached hydrogens (tertiary/aromatic N) is 2. The number of hydrogen-bond acceptors (Lipinski definition) is 4. The van der Waals surface area contributed by atoms with Crippen LogP contribution in [-0.4, -0.2) is 31.5 Å². The summed E-state index contributed by atoms with van der Waals surface area (Å²) in [4.78, 5) is 6.22. The standard InChI is InChI=1S/C6H10N4/c1-10-4-7-2-5-6(10)9-3-8-5/h2,8-9H,3-4H2,1H3. The van der Waals surface area contributed by atoms with E-state index in [1.165, 1.54) is 0 Å². The molecule has 2 rings (SSSR count). The molecule has 0 spiro atoms. The van der Waals surface area contributed by atoms with Crippen molar-refractivity contribution in [2.75, 3.05) is 20.4 Å². The molecule has 0 bridgehead atoms. The summed E-state index contributed by atoms with van der Waals surface area (Å²) >= 11 is 0. The Kier molecular flexibility index (Phi) is 1.06. The van der Waals surface area contributed by atoms with Gasteiger partial charge >= 0.3 is 0 Å². The van der Waals surface area contributed by atoms with Gasteiger partial charge in [-0.25, -0.2) is 0 Å². The van der Waals surface area contributed by atoms with E-state index in [1.807, 2.05) is 13.3 Å². The molecule has 0 fully saturated rings. The molecule has 2 heterocycles. The highest BCUT2D eigenvalue weighted by molar-refractivity contribution is 5.80. The summed E-state index contributed by atoms with van der Waals surface area (Å²) in [6.45, 7) is 1.58. The van der Waals surface area contributed by atoms with Gasteiger partial charge in [-0.3, -0.25) is 4.99 Å². The van der Waals surface area contributed by atoms with Crippen LogP contribution in [0, 0.1) is 0 Å². The van der Waals surface area contributed by atoms with Crippen LogP contribution in [0.1, 0.15) is 0 Å². The Balaban J connectivity index is 2.30. The van der Waals surface area contributed by atoms with Gasteiger partial charge in [0.1, 0.15) is 12.5 Å². The van der Waals surface area contributed by atoms with Gasteiger partial charge in [-0.1, -0.05) is 0 Å². The van der Waals surface area contributed by atoms with Crippen LogP contribution >= 0.6 is 0 Å². The van der Waals surface area contributed by atoms with E-state index in [2.05, 4.69) is 20.5 Å². The van der Waals surface area contributed by atoms with E-state index in [-0.39, 0.29) is 0 Å². The van der Waals surface area contributed by atoms with E-state index in [1.54, 1.807) is 0 Å². The molecular weight excluding hydrogens is 128 g/mol. The Morgan fingerprint density at radius 2 is 2.50 bits per heavy atom. The van der Waals surface area contributed by atoms with Crippen LogP contribution in [0.4, 0.5) is 0 Å². The highest BCUT2D eigenvalue weighted by atomic mass is 15.3. The number of nitrogens with one attached hydrogen (secondary N) is 2. The highest BCUT2D eigenvalue weighted by Crippen LogP contribution is 2.09. The fourth-order valence-corrected chi connectivity index (χ4v) is 1.17. The summed E-state index contributed by atoms with van der Waals surface area (Å²) < 4.78 is 0. The number of allylic oxidation sites excluding steroid dienone is 1. The second kappa shape index (κ2) is 1.90. The molecule has 4 nitrogen and oxygen atoms in total. The molecule has 4 heteroatoms. The van der Waals surface area contributed by atoms with Crippen LogP contribution in [0.5, 0.6) is 0 Å². The molecular formula is C6H10N4. The predicted molar refractivity (Wildman–Crippen MR) is 39.3 cm³/mol. The first-order valence-electron chi connectivity index (χ1n) is 3.31. The molecule has 0 atom stereocenters. The highest BCUT2D eigenvalue weighted by Gasteiger charge is 2.17. The van der Waals surface area contributed by atoms with Crippen LogP contribution in [-0.2, 0) is 0 Å². The molecule has 0 aromatic heterocycles. The van der Waals surface area contributed by atoms with E-state index in [0.29, 0.717) is 0 Å². The Hall–Kier alpha value is -1.19. The maximum Gasteiger partial charge on any atom is 0.129 e. The van der Waals surface area contributed by atoms with Crippen molar-refractivity contribution in [3.63, 3.8) is 0 Å². The molecule has 0 aromatic rings. The smallest absolute Gasteiger partial charge is 0.129 e. The first-order chi connectivity index (χ1) is 4.88. The molecule has 0 unspecified atom stereocenters. The maximum atomic E-state index is 4.14. The third-order valence-electron chi connectivity index (χ3n) is 1.69. The fourth-order valence-electron chi connectivity index (χ4n) is 1.17. The lowest BCUT2D eigenvalue weighted by atomic mass is 10.4. The molecule has 0 aliphatic carbocycles. The second-order valence-electron chi connectivity index (χ2n) is 2.44. The molecule has 2 aliphatic heterocycles. The normalized spacial score (nSPS) is 22.3. The van der Waals surface area contributed by atoms with Crippen molar-refractivity contribution in [3.05, 3.63) is 11.5 Å². The van der Waals surface area contributed by atoms with Crippen LogP contribution in [0.2, 0.25) is 0 Å². The van der Waals surface area contributed by atoms with Gasteiger partial charge in [0.15, 0.2) is 0 Å². The van der Waals surface area contributed by atoms with Gasteiger partial charge in [-0.2, -0.15) is 0 Å². The quantitative estimate of drug-likeness (QED) is 0.464. The molecule has 0 radical (unpaired) electrons. The summed E-state index contributed by atoms with van der Waals surface area (Å²) in [6.07, 6.45) is 1.87. The van der Waals surface area contributed by atoms with Crippen LogP contribution in [0.3, 0.4) is 0 Å². The van der Waals surface area contributed by atoms with E-state index in [4.69, 9.17) is 0 Å². The largest absolute Gasteiger partial charge is 0.364 e. The molecule has 54 valence electrons. The first kappa shape index (κ1) is 5.58. The minimum absolute atomic E-state index is 0.757. The Morgan fingerprint density at radius 3 is 3.30 bits per heavy atom.